The van der Waals surface area contributed by atoms with Gasteiger partial charge in [-0.1, -0.05) is 152 Å². The number of anilines is 6. The fraction of sp³-hybridized carbons (Fsp3) is 0.381. The number of hydrogen-bond donors (Lipinski definition) is 0. The first-order valence-corrected chi connectivity index (χ1v) is 25.2. The molecule has 344 valence electrons. The van der Waals surface area contributed by atoms with Crippen molar-refractivity contribution >= 4 is 68.4 Å². The largest absolute Gasteiger partial charge is 0.468 e. The second kappa shape index (κ2) is 14.5. The molecule has 2 aliphatic heterocycles. The maximum Gasteiger partial charge on any atom is 0.297 e. The zero-order valence-electron chi connectivity index (χ0n) is 43.0. The lowest BCUT2D eigenvalue weighted by atomic mass is 9.35. The number of nitrogens with zero attached hydrogens (tertiary/aromatic N) is 3. The van der Waals surface area contributed by atoms with Crippen LogP contribution in [0.1, 0.15) is 162 Å². The van der Waals surface area contributed by atoms with Gasteiger partial charge in [0.25, 0.3) is 6.71 Å². The highest BCUT2D eigenvalue weighted by molar-refractivity contribution is 7.00. The maximum absolute atomic E-state index is 11.2. The molecule has 0 saturated heterocycles. The molecule has 7 aromatic rings. The van der Waals surface area contributed by atoms with E-state index >= 15 is 0 Å². The van der Waals surface area contributed by atoms with Crippen LogP contribution in [0.5, 0.6) is 0 Å². The molecular weight excluding hydrogens is 826 g/mol. The van der Waals surface area contributed by atoms with Crippen molar-refractivity contribution in [1.29, 1.82) is 5.26 Å². The summed E-state index contributed by atoms with van der Waals surface area (Å²) in [6, 6.07) is 44.1. The van der Waals surface area contributed by atoms with Gasteiger partial charge < -0.3 is 14.2 Å². The van der Waals surface area contributed by atoms with Crippen LogP contribution in [0, 0.1) is 11.3 Å². The summed E-state index contributed by atoms with van der Waals surface area (Å²) in [6.45, 7) is 32.9. The van der Waals surface area contributed by atoms with Crippen LogP contribution in [-0.2, 0) is 32.5 Å². The zero-order chi connectivity index (χ0) is 48.2. The average Bonchev–Trinajstić information content (AvgIpc) is 3.67. The molecule has 11 rings (SSSR count). The third-order valence-corrected chi connectivity index (χ3v) is 16.9. The lowest BCUT2D eigenvalue weighted by Crippen LogP contribution is -2.61. The Bertz CT molecular complexity index is 3290. The Kier molecular flexibility index (Phi) is 9.51. The van der Waals surface area contributed by atoms with E-state index in [1.165, 1.54) is 50.0 Å². The number of benzene rings is 6. The van der Waals surface area contributed by atoms with Crippen LogP contribution < -0.4 is 26.4 Å². The van der Waals surface area contributed by atoms with Gasteiger partial charge in [0, 0.05) is 33.7 Å². The summed E-state index contributed by atoms with van der Waals surface area (Å²) in [6.07, 6.45) is 4.52. The van der Waals surface area contributed by atoms with Crippen molar-refractivity contribution in [2.24, 2.45) is 0 Å². The molecule has 3 heterocycles. The fourth-order valence-electron chi connectivity index (χ4n) is 12.4. The minimum Gasteiger partial charge on any atom is -0.468 e. The van der Waals surface area contributed by atoms with E-state index in [-0.39, 0.29) is 39.2 Å². The van der Waals surface area contributed by atoms with Crippen molar-refractivity contribution < 1.29 is 4.42 Å². The third-order valence-electron chi connectivity index (χ3n) is 16.9. The number of fused-ring (bicyclic) bond motifs is 8. The molecule has 0 amide bonds. The third kappa shape index (κ3) is 6.67. The Morgan fingerprint density at radius 3 is 1.72 bits per heavy atom. The Hall–Kier alpha value is -5.99. The summed E-state index contributed by atoms with van der Waals surface area (Å²) in [5.74, 6) is 0. The zero-order valence-corrected chi connectivity index (χ0v) is 43.0. The molecule has 0 radical (unpaired) electrons. The van der Waals surface area contributed by atoms with Crippen LogP contribution in [0.15, 0.2) is 114 Å². The van der Waals surface area contributed by atoms with Gasteiger partial charge in [0.15, 0.2) is 0 Å². The molecule has 4 aliphatic rings. The van der Waals surface area contributed by atoms with Crippen LogP contribution in [0.3, 0.4) is 0 Å². The first-order chi connectivity index (χ1) is 31.9. The van der Waals surface area contributed by atoms with Gasteiger partial charge in [-0.3, -0.25) is 0 Å². The number of hydrogen-bond acceptors (Lipinski definition) is 4. The summed E-state index contributed by atoms with van der Waals surface area (Å²) < 4.78 is 7.47. The van der Waals surface area contributed by atoms with E-state index in [0.29, 0.717) is 5.56 Å². The normalized spacial score (nSPS) is 18.3. The van der Waals surface area contributed by atoms with Crippen LogP contribution in [0.4, 0.5) is 34.1 Å². The average molecular weight is 894 g/mol. The van der Waals surface area contributed by atoms with Crippen molar-refractivity contribution in [3.63, 3.8) is 0 Å². The molecule has 0 atom stereocenters. The Balaban J connectivity index is 1.30. The summed E-state index contributed by atoms with van der Waals surface area (Å²) in [4.78, 5) is 5.01. The van der Waals surface area contributed by atoms with Gasteiger partial charge >= 0.3 is 0 Å². The standard InChI is InChI=1S/C63H68BN3O/c1-58(2,3)40-20-24-50(43(32-40)39-18-16-15-17-19-39)67-53-31-38(37-65)30-52-55(53)64(57-56(67)44-33-41(59(4,5)6)21-25-54(44)68-57)49-35-47-48(63(13,14)29-28-62(47,11)12)36-51(49)66(52)42-22-23-45-46(34-42)61(9,10)27-26-60(45,7)8/h15-25,30-36H,26-29H2,1-14H3. The second-order valence-electron chi connectivity index (χ2n) is 25.5. The number of rotatable bonds is 3. The topological polar surface area (TPSA) is 43.4 Å². The van der Waals surface area contributed by atoms with E-state index in [2.05, 4.69) is 222 Å². The van der Waals surface area contributed by atoms with Crippen LogP contribution in [0.2, 0.25) is 0 Å². The maximum atomic E-state index is 11.2. The molecule has 0 fully saturated rings. The van der Waals surface area contributed by atoms with E-state index in [1.54, 1.807) is 0 Å². The molecule has 0 bridgehead atoms. The van der Waals surface area contributed by atoms with E-state index in [4.69, 9.17) is 4.42 Å². The summed E-state index contributed by atoms with van der Waals surface area (Å²) in [5.41, 5.74) is 21.8. The summed E-state index contributed by atoms with van der Waals surface area (Å²) >= 11 is 0. The molecule has 4 nitrogen and oxygen atoms in total. The van der Waals surface area contributed by atoms with Crippen LogP contribution in [-0.4, -0.2) is 6.71 Å². The number of furan rings is 1. The van der Waals surface area contributed by atoms with E-state index in [9.17, 15) is 5.26 Å². The lowest BCUT2D eigenvalue weighted by molar-refractivity contribution is 0.332. The molecule has 5 heteroatoms. The van der Waals surface area contributed by atoms with Gasteiger partial charge in [0.05, 0.1) is 28.7 Å². The Morgan fingerprint density at radius 2 is 1.10 bits per heavy atom. The quantitative estimate of drug-likeness (QED) is 0.166. The van der Waals surface area contributed by atoms with Crippen LogP contribution in [0.25, 0.3) is 22.1 Å². The van der Waals surface area contributed by atoms with E-state index in [1.807, 2.05) is 0 Å². The van der Waals surface area contributed by atoms with Gasteiger partial charge in [0.2, 0.25) is 0 Å². The van der Waals surface area contributed by atoms with Crippen LogP contribution >= 0.6 is 0 Å². The second-order valence-corrected chi connectivity index (χ2v) is 25.5. The predicted octanol–water partition coefficient (Wildman–Crippen LogP) is 15.3. The molecule has 2 aliphatic carbocycles. The molecule has 0 spiro atoms. The fourth-order valence-corrected chi connectivity index (χ4v) is 12.4. The molecule has 6 aromatic carbocycles. The first-order valence-electron chi connectivity index (χ1n) is 25.2. The summed E-state index contributed by atoms with van der Waals surface area (Å²) in [7, 11) is 0. The lowest BCUT2D eigenvalue weighted by Gasteiger charge is -2.47. The van der Waals surface area contributed by atoms with Crippen molar-refractivity contribution in [2.45, 2.75) is 155 Å². The highest BCUT2D eigenvalue weighted by atomic mass is 16.3. The summed E-state index contributed by atoms with van der Waals surface area (Å²) in [5, 5.41) is 12.3. The van der Waals surface area contributed by atoms with Gasteiger partial charge in [-0.05, 0) is 163 Å². The number of nitriles is 1. The Morgan fingerprint density at radius 1 is 0.544 bits per heavy atom. The van der Waals surface area contributed by atoms with Crippen molar-refractivity contribution in [3.8, 4) is 17.2 Å². The van der Waals surface area contributed by atoms with Gasteiger partial charge in [-0.25, -0.2) is 0 Å². The predicted molar refractivity (Wildman–Crippen MR) is 288 cm³/mol. The highest BCUT2D eigenvalue weighted by Gasteiger charge is 2.50. The van der Waals surface area contributed by atoms with Crippen molar-refractivity contribution in [2.75, 3.05) is 9.80 Å². The van der Waals surface area contributed by atoms with E-state index < -0.39 is 0 Å². The Labute approximate surface area is 406 Å². The minimum absolute atomic E-state index is 0.0107. The molecule has 68 heavy (non-hydrogen) atoms. The minimum atomic E-state index is -0.233. The SMILES string of the molecule is CC(C)(C)c1ccc(N2c3cc(C#N)cc4c3B(c3cc5c(cc3N4c3ccc4c(c3)C(C)(C)CCC4(C)C)C(C)(C)CCC5(C)C)c3oc4ccc(C(C)(C)C)cc4c32)c(-c2ccccc2)c1. The molecule has 0 N–H and O–H groups in total. The smallest absolute Gasteiger partial charge is 0.297 e. The van der Waals surface area contributed by atoms with Gasteiger partial charge in [0.1, 0.15) is 5.58 Å². The first kappa shape index (κ1) is 44.5. The highest BCUT2D eigenvalue weighted by Crippen LogP contribution is 2.54. The van der Waals surface area contributed by atoms with Gasteiger partial charge in [-0.2, -0.15) is 5.26 Å². The molecular formula is C63H68BN3O. The van der Waals surface area contributed by atoms with Gasteiger partial charge in [-0.15, -0.1) is 0 Å². The monoisotopic (exact) mass is 894 g/mol. The van der Waals surface area contributed by atoms with E-state index in [0.717, 1.165) is 81.9 Å². The van der Waals surface area contributed by atoms with Crippen molar-refractivity contribution in [1.82, 2.24) is 0 Å². The molecule has 0 saturated carbocycles. The van der Waals surface area contributed by atoms with Crippen molar-refractivity contribution in [3.05, 3.63) is 148 Å². The molecule has 1 aromatic heterocycles. The molecule has 0 unspecified atom stereocenters.